The molecule has 6 heteroatoms. The van der Waals surface area contributed by atoms with Gasteiger partial charge in [-0.15, -0.1) is 0 Å². The Morgan fingerprint density at radius 3 is 2.89 bits per heavy atom. The van der Waals surface area contributed by atoms with Crippen LogP contribution in [0, 0.1) is 0 Å². The number of carbonyl (C=O) groups excluding carboxylic acids is 1. The minimum absolute atomic E-state index is 0.165. The van der Waals surface area contributed by atoms with Crippen molar-refractivity contribution in [3.8, 4) is 5.75 Å². The van der Waals surface area contributed by atoms with E-state index in [2.05, 4.69) is 21.2 Å². The highest BCUT2D eigenvalue weighted by atomic mass is 79.9. The highest BCUT2D eigenvalue weighted by Crippen LogP contribution is 2.23. The third-order valence-electron chi connectivity index (χ3n) is 2.29. The first-order valence-corrected chi connectivity index (χ1v) is 6.64. The summed E-state index contributed by atoms with van der Waals surface area (Å²) < 4.78 is 6.03. The second kappa shape index (κ2) is 7.33. The zero-order valence-corrected chi connectivity index (χ0v) is 12.4. The van der Waals surface area contributed by atoms with Gasteiger partial charge in [0.2, 0.25) is 0 Å². The van der Waals surface area contributed by atoms with Gasteiger partial charge < -0.3 is 15.8 Å². The van der Waals surface area contributed by atoms with E-state index in [1.165, 1.54) is 7.11 Å². The summed E-state index contributed by atoms with van der Waals surface area (Å²) in [6.45, 7) is 0.537. The van der Waals surface area contributed by atoms with Crippen LogP contribution in [0.1, 0.15) is 23.2 Å². The van der Waals surface area contributed by atoms with Crippen LogP contribution in [-0.2, 0) is 0 Å². The Kier molecular flexibility index (Phi) is 6.07. The molecule has 0 aliphatic heterocycles. The number of nitrogens with one attached hydrogen (secondary N) is 1. The molecule has 3 N–H and O–H groups in total. The van der Waals surface area contributed by atoms with Gasteiger partial charge in [-0.3, -0.25) is 4.79 Å². The van der Waals surface area contributed by atoms with Gasteiger partial charge in [-0.25, -0.2) is 0 Å². The molecule has 0 aliphatic carbocycles. The molecule has 98 valence electrons. The van der Waals surface area contributed by atoms with Gasteiger partial charge in [0.1, 0.15) is 5.75 Å². The summed E-state index contributed by atoms with van der Waals surface area (Å²) in [7, 11) is 1.53. The van der Waals surface area contributed by atoms with Crippen molar-refractivity contribution in [2.75, 3.05) is 13.7 Å². The van der Waals surface area contributed by atoms with Crippen LogP contribution in [0.5, 0.6) is 5.75 Å². The number of thiocarbonyl (C=S) groups is 1. The maximum absolute atomic E-state index is 11.9. The van der Waals surface area contributed by atoms with Crippen LogP contribution >= 0.6 is 28.1 Å². The molecule has 1 amide bonds. The molecule has 1 rings (SSSR count). The molecule has 0 bridgehead atoms. The van der Waals surface area contributed by atoms with Crippen molar-refractivity contribution < 1.29 is 9.53 Å². The van der Waals surface area contributed by atoms with Gasteiger partial charge in [-0.05, 0) is 31.0 Å². The van der Waals surface area contributed by atoms with Crippen molar-refractivity contribution in [3.05, 3.63) is 28.2 Å². The van der Waals surface area contributed by atoms with E-state index in [0.29, 0.717) is 29.3 Å². The van der Waals surface area contributed by atoms with Crippen LogP contribution in [0.4, 0.5) is 0 Å². The van der Waals surface area contributed by atoms with E-state index in [0.717, 1.165) is 10.9 Å². The van der Waals surface area contributed by atoms with E-state index >= 15 is 0 Å². The number of methoxy groups -OCH3 is 1. The Balaban J connectivity index is 2.58. The third-order valence-corrected chi connectivity index (χ3v) is 2.99. The number of ether oxygens (including phenoxy) is 1. The number of carbonyl (C=O) groups is 1. The number of halogens is 1. The lowest BCUT2D eigenvalue weighted by Crippen LogP contribution is -2.25. The number of amides is 1. The Hall–Kier alpha value is -1.14. The smallest absolute Gasteiger partial charge is 0.255 e. The monoisotopic (exact) mass is 330 g/mol. The second-order valence-corrected chi connectivity index (χ2v) is 5.11. The Labute approximate surface area is 120 Å². The number of hydrogen-bond acceptors (Lipinski definition) is 3. The zero-order chi connectivity index (χ0) is 13.5. The number of hydrogen-bond donors (Lipinski definition) is 2. The van der Waals surface area contributed by atoms with Crippen molar-refractivity contribution in [1.29, 1.82) is 0 Å². The lowest BCUT2D eigenvalue weighted by atomic mass is 10.2. The number of nitrogens with two attached hydrogens (primary N) is 1. The van der Waals surface area contributed by atoms with Crippen LogP contribution in [0.3, 0.4) is 0 Å². The molecule has 0 radical (unpaired) electrons. The molecule has 0 unspecified atom stereocenters. The van der Waals surface area contributed by atoms with Gasteiger partial charge >= 0.3 is 0 Å². The Morgan fingerprint density at radius 2 is 2.28 bits per heavy atom. The first-order valence-electron chi connectivity index (χ1n) is 5.44. The third kappa shape index (κ3) is 4.62. The van der Waals surface area contributed by atoms with Crippen molar-refractivity contribution in [3.63, 3.8) is 0 Å². The molecule has 1 aromatic carbocycles. The van der Waals surface area contributed by atoms with Crippen LogP contribution in [0.25, 0.3) is 0 Å². The highest BCUT2D eigenvalue weighted by molar-refractivity contribution is 9.10. The largest absolute Gasteiger partial charge is 0.496 e. The minimum Gasteiger partial charge on any atom is -0.496 e. The first-order chi connectivity index (χ1) is 8.54. The molecule has 0 spiro atoms. The molecule has 1 aromatic rings. The van der Waals surface area contributed by atoms with Crippen molar-refractivity contribution >= 4 is 39.0 Å². The normalized spacial score (nSPS) is 9.89. The summed E-state index contributed by atoms with van der Waals surface area (Å²) in [5.74, 6) is 0.374. The van der Waals surface area contributed by atoms with Gasteiger partial charge in [0, 0.05) is 11.0 Å². The predicted molar refractivity (Wildman–Crippen MR) is 79.0 cm³/mol. The molecule has 18 heavy (non-hydrogen) atoms. The van der Waals surface area contributed by atoms with Gasteiger partial charge in [-0.1, -0.05) is 28.1 Å². The van der Waals surface area contributed by atoms with Gasteiger partial charge in [0.25, 0.3) is 5.91 Å². The van der Waals surface area contributed by atoms with E-state index in [1.807, 2.05) is 0 Å². The molecule has 0 heterocycles. The SMILES string of the molecule is COc1cc(Br)ccc1C(=O)NCCCC(N)=S. The zero-order valence-electron chi connectivity index (χ0n) is 10.0. The maximum Gasteiger partial charge on any atom is 0.255 e. The molecule has 0 fully saturated rings. The average Bonchev–Trinajstić information content (AvgIpc) is 2.33. The standard InChI is InChI=1S/C12H15BrN2O2S/c1-17-10-7-8(13)4-5-9(10)12(16)15-6-2-3-11(14)18/h4-5,7H,2-3,6H2,1H3,(H2,14,18)(H,15,16). The predicted octanol–water partition coefficient (Wildman–Crippen LogP) is 2.25. The fourth-order valence-electron chi connectivity index (χ4n) is 1.41. The lowest BCUT2D eigenvalue weighted by molar-refractivity contribution is 0.0950. The van der Waals surface area contributed by atoms with E-state index in [4.69, 9.17) is 22.7 Å². The first kappa shape index (κ1) is 14.9. The average molecular weight is 331 g/mol. The van der Waals surface area contributed by atoms with E-state index in [-0.39, 0.29) is 5.91 Å². The summed E-state index contributed by atoms with van der Waals surface area (Å²) in [5.41, 5.74) is 5.89. The van der Waals surface area contributed by atoms with Gasteiger partial charge in [-0.2, -0.15) is 0 Å². The van der Waals surface area contributed by atoms with Crippen molar-refractivity contribution in [2.45, 2.75) is 12.8 Å². The molecular formula is C12H15BrN2O2S. The molecule has 0 aliphatic rings. The second-order valence-electron chi connectivity index (χ2n) is 3.67. The highest BCUT2D eigenvalue weighted by Gasteiger charge is 2.11. The lowest BCUT2D eigenvalue weighted by Gasteiger charge is -2.09. The topological polar surface area (TPSA) is 64.3 Å². The molecule has 0 aromatic heterocycles. The molecule has 4 nitrogen and oxygen atoms in total. The summed E-state index contributed by atoms with van der Waals surface area (Å²) in [4.78, 5) is 12.4. The number of benzene rings is 1. The quantitative estimate of drug-likeness (QED) is 0.620. The fraction of sp³-hybridized carbons (Fsp3) is 0.333. The summed E-state index contributed by atoms with van der Waals surface area (Å²) in [6, 6.07) is 5.27. The molecule has 0 saturated heterocycles. The molecular weight excluding hydrogens is 316 g/mol. The minimum atomic E-state index is -0.165. The van der Waals surface area contributed by atoms with Crippen LogP contribution < -0.4 is 15.8 Å². The Morgan fingerprint density at radius 1 is 1.56 bits per heavy atom. The fourth-order valence-corrected chi connectivity index (χ4v) is 1.90. The number of rotatable bonds is 6. The van der Waals surface area contributed by atoms with E-state index < -0.39 is 0 Å². The molecule has 0 saturated carbocycles. The molecule has 0 atom stereocenters. The van der Waals surface area contributed by atoms with Gasteiger partial charge in [0.05, 0.1) is 17.7 Å². The van der Waals surface area contributed by atoms with Crippen LogP contribution in [0.2, 0.25) is 0 Å². The summed E-state index contributed by atoms with van der Waals surface area (Å²) in [6.07, 6.45) is 1.37. The maximum atomic E-state index is 11.9. The van der Waals surface area contributed by atoms with Crippen molar-refractivity contribution in [1.82, 2.24) is 5.32 Å². The van der Waals surface area contributed by atoms with Gasteiger partial charge in [0.15, 0.2) is 0 Å². The van der Waals surface area contributed by atoms with Crippen molar-refractivity contribution in [2.24, 2.45) is 5.73 Å². The van der Waals surface area contributed by atoms with Crippen LogP contribution in [-0.4, -0.2) is 24.6 Å². The summed E-state index contributed by atoms with van der Waals surface area (Å²) >= 11 is 8.09. The Bertz CT molecular complexity index is 452. The summed E-state index contributed by atoms with van der Waals surface area (Å²) in [5, 5.41) is 2.80. The van der Waals surface area contributed by atoms with Crippen LogP contribution in [0.15, 0.2) is 22.7 Å². The van der Waals surface area contributed by atoms with E-state index in [9.17, 15) is 4.79 Å². The van der Waals surface area contributed by atoms with E-state index in [1.54, 1.807) is 18.2 Å².